The van der Waals surface area contributed by atoms with Gasteiger partial charge in [0.05, 0.1) is 18.4 Å². The zero-order valence-electron chi connectivity index (χ0n) is 15.6. The average molecular weight is 448 g/mol. The van der Waals surface area contributed by atoms with E-state index in [2.05, 4.69) is 20.2 Å². The number of rotatable bonds is 6. The Bertz CT molecular complexity index is 1120. The van der Waals surface area contributed by atoms with Crippen LogP contribution in [0.15, 0.2) is 59.1 Å². The van der Waals surface area contributed by atoms with E-state index in [9.17, 15) is 13.2 Å². The molecule has 0 amide bonds. The number of thiazole rings is 1. The Morgan fingerprint density at radius 1 is 1.00 bits per heavy atom. The first-order valence-electron chi connectivity index (χ1n) is 8.74. The Morgan fingerprint density at radius 2 is 1.70 bits per heavy atom. The van der Waals surface area contributed by atoms with Gasteiger partial charge >= 0.3 is 6.18 Å². The minimum atomic E-state index is -4.34. The zero-order chi connectivity index (χ0) is 21.1. The number of hydrogen-bond donors (Lipinski definition) is 1. The number of benzene rings is 2. The van der Waals surface area contributed by atoms with E-state index in [0.717, 1.165) is 29.1 Å². The summed E-state index contributed by atoms with van der Waals surface area (Å²) in [4.78, 5) is 8.98. The monoisotopic (exact) mass is 448 g/mol. The van der Waals surface area contributed by atoms with Gasteiger partial charge < -0.3 is 4.74 Å². The summed E-state index contributed by atoms with van der Waals surface area (Å²) in [6.07, 6.45) is -4.34. The van der Waals surface area contributed by atoms with E-state index in [-0.39, 0.29) is 0 Å². The molecule has 5 nitrogen and oxygen atoms in total. The van der Waals surface area contributed by atoms with Gasteiger partial charge in [-0.05, 0) is 36.4 Å². The highest BCUT2D eigenvalue weighted by Crippen LogP contribution is 2.32. The SMILES string of the molecule is COc1ccc(-c2nc(SCc3csc(-c4ccc(C(F)(F)F)cc4)n3)n[nH]2)cc1. The lowest BCUT2D eigenvalue weighted by molar-refractivity contribution is -0.137. The maximum Gasteiger partial charge on any atom is 0.416 e. The van der Waals surface area contributed by atoms with Crippen molar-refractivity contribution in [1.82, 2.24) is 20.2 Å². The van der Waals surface area contributed by atoms with Crippen LogP contribution in [0, 0.1) is 0 Å². The smallest absolute Gasteiger partial charge is 0.416 e. The number of hydrogen-bond acceptors (Lipinski definition) is 6. The van der Waals surface area contributed by atoms with Gasteiger partial charge in [-0.25, -0.2) is 9.97 Å². The van der Waals surface area contributed by atoms with Crippen molar-refractivity contribution in [2.24, 2.45) is 0 Å². The van der Waals surface area contributed by atoms with Crippen molar-refractivity contribution >= 4 is 23.1 Å². The second-order valence-electron chi connectivity index (χ2n) is 6.20. The topological polar surface area (TPSA) is 63.7 Å². The van der Waals surface area contributed by atoms with Crippen molar-refractivity contribution in [1.29, 1.82) is 0 Å². The van der Waals surface area contributed by atoms with Gasteiger partial charge in [-0.1, -0.05) is 23.9 Å². The van der Waals surface area contributed by atoms with Crippen molar-refractivity contribution in [2.45, 2.75) is 17.1 Å². The quantitative estimate of drug-likeness (QED) is 0.371. The van der Waals surface area contributed by atoms with E-state index >= 15 is 0 Å². The number of nitrogens with zero attached hydrogens (tertiary/aromatic N) is 3. The summed E-state index contributed by atoms with van der Waals surface area (Å²) in [6, 6.07) is 12.5. The third-order valence-corrected chi connectivity index (χ3v) is 6.01. The van der Waals surface area contributed by atoms with Crippen LogP contribution in [-0.4, -0.2) is 27.3 Å². The van der Waals surface area contributed by atoms with Crippen LogP contribution >= 0.6 is 23.1 Å². The molecule has 0 unspecified atom stereocenters. The van der Waals surface area contributed by atoms with Gasteiger partial charge in [0, 0.05) is 22.3 Å². The first-order chi connectivity index (χ1) is 14.4. The summed E-state index contributed by atoms with van der Waals surface area (Å²) in [5, 5.41) is 10.3. The summed E-state index contributed by atoms with van der Waals surface area (Å²) in [5.74, 6) is 1.97. The van der Waals surface area contributed by atoms with Gasteiger partial charge in [0.1, 0.15) is 10.8 Å². The molecular formula is C20H15F3N4OS2. The molecule has 2 aromatic heterocycles. The van der Waals surface area contributed by atoms with Crippen molar-refractivity contribution in [3.8, 4) is 27.7 Å². The van der Waals surface area contributed by atoms with Crippen LogP contribution in [0.5, 0.6) is 5.75 Å². The number of alkyl halides is 3. The first-order valence-corrected chi connectivity index (χ1v) is 10.6. The average Bonchev–Trinajstić information content (AvgIpc) is 3.41. The van der Waals surface area contributed by atoms with Crippen molar-refractivity contribution in [2.75, 3.05) is 7.11 Å². The van der Waals surface area contributed by atoms with Crippen LogP contribution in [0.4, 0.5) is 13.2 Å². The van der Waals surface area contributed by atoms with Crippen LogP contribution in [0.2, 0.25) is 0 Å². The van der Waals surface area contributed by atoms with Gasteiger partial charge in [-0.3, -0.25) is 5.10 Å². The molecule has 4 rings (SSSR count). The highest BCUT2D eigenvalue weighted by molar-refractivity contribution is 7.98. The lowest BCUT2D eigenvalue weighted by Crippen LogP contribution is -2.03. The van der Waals surface area contributed by atoms with Crippen LogP contribution in [-0.2, 0) is 11.9 Å². The Labute approximate surface area is 178 Å². The van der Waals surface area contributed by atoms with E-state index in [1.807, 2.05) is 29.6 Å². The number of nitrogens with one attached hydrogen (secondary N) is 1. The van der Waals surface area contributed by atoms with Gasteiger partial charge in [0.25, 0.3) is 0 Å². The number of aromatic amines is 1. The van der Waals surface area contributed by atoms with Gasteiger partial charge in [0.15, 0.2) is 5.82 Å². The molecule has 0 radical (unpaired) electrons. The summed E-state index contributed by atoms with van der Waals surface area (Å²) in [6.45, 7) is 0. The van der Waals surface area contributed by atoms with Crippen molar-refractivity contribution < 1.29 is 17.9 Å². The molecule has 0 fully saturated rings. The largest absolute Gasteiger partial charge is 0.497 e. The number of methoxy groups -OCH3 is 1. The molecule has 0 spiro atoms. The van der Waals surface area contributed by atoms with Crippen LogP contribution in [0.3, 0.4) is 0 Å². The normalized spacial score (nSPS) is 11.6. The lowest BCUT2D eigenvalue weighted by atomic mass is 10.1. The molecule has 1 N–H and O–H groups in total. The molecular weight excluding hydrogens is 433 g/mol. The molecule has 0 aliphatic carbocycles. The van der Waals surface area contributed by atoms with Crippen molar-refractivity contribution in [3.63, 3.8) is 0 Å². The predicted octanol–water partition coefficient (Wildman–Crippen LogP) is 5.91. The molecule has 2 aromatic carbocycles. The molecule has 154 valence electrons. The molecule has 10 heteroatoms. The fourth-order valence-electron chi connectivity index (χ4n) is 2.64. The number of aromatic nitrogens is 4. The Hall–Kier alpha value is -2.85. The summed E-state index contributed by atoms with van der Waals surface area (Å²) < 4.78 is 43.2. The maximum atomic E-state index is 12.7. The van der Waals surface area contributed by atoms with E-state index in [1.165, 1.54) is 35.2 Å². The number of halogens is 3. The molecule has 0 saturated heterocycles. The van der Waals surface area contributed by atoms with Gasteiger partial charge in [0.2, 0.25) is 5.16 Å². The van der Waals surface area contributed by atoms with Crippen LogP contribution in [0.1, 0.15) is 11.3 Å². The molecule has 0 aliphatic heterocycles. The number of H-pyrrole nitrogens is 1. The molecule has 0 atom stereocenters. The predicted molar refractivity (Wildman–Crippen MR) is 110 cm³/mol. The fourth-order valence-corrected chi connectivity index (χ4v) is 4.26. The van der Waals surface area contributed by atoms with Crippen LogP contribution < -0.4 is 4.74 Å². The third kappa shape index (κ3) is 4.65. The van der Waals surface area contributed by atoms with E-state index in [1.54, 1.807) is 7.11 Å². The molecule has 2 heterocycles. The third-order valence-electron chi connectivity index (χ3n) is 4.19. The molecule has 0 saturated carbocycles. The summed E-state index contributed by atoms with van der Waals surface area (Å²) >= 11 is 2.82. The summed E-state index contributed by atoms with van der Waals surface area (Å²) in [5.41, 5.74) is 1.70. The number of thioether (sulfide) groups is 1. The van der Waals surface area contributed by atoms with Crippen LogP contribution in [0.25, 0.3) is 22.0 Å². The van der Waals surface area contributed by atoms with Crippen molar-refractivity contribution in [3.05, 3.63) is 65.2 Å². The Morgan fingerprint density at radius 3 is 2.37 bits per heavy atom. The highest BCUT2D eigenvalue weighted by Gasteiger charge is 2.30. The fraction of sp³-hybridized carbons (Fsp3) is 0.150. The lowest BCUT2D eigenvalue weighted by Gasteiger charge is -2.06. The minimum absolute atomic E-state index is 0.553. The zero-order valence-corrected chi connectivity index (χ0v) is 17.2. The Balaban J connectivity index is 1.39. The second kappa shape index (κ2) is 8.49. The summed E-state index contributed by atoms with van der Waals surface area (Å²) in [7, 11) is 1.61. The van der Waals surface area contributed by atoms with E-state index in [0.29, 0.717) is 27.3 Å². The Kier molecular flexibility index (Phi) is 5.78. The standard InChI is InChI=1S/C20H15F3N4OS2/c1-28-16-8-4-12(5-9-16)17-25-19(27-26-17)30-11-15-10-29-18(24-15)13-2-6-14(7-3-13)20(21,22)23/h2-10H,11H2,1H3,(H,25,26,27). The molecule has 0 aliphatic rings. The van der Waals surface area contributed by atoms with Gasteiger partial charge in [-0.2, -0.15) is 13.2 Å². The highest BCUT2D eigenvalue weighted by atomic mass is 32.2. The van der Waals surface area contributed by atoms with E-state index < -0.39 is 11.7 Å². The van der Waals surface area contributed by atoms with E-state index in [4.69, 9.17) is 4.74 Å². The first kappa shape index (κ1) is 20.4. The second-order valence-corrected chi connectivity index (χ2v) is 8.00. The minimum Gasteiger partial charge on any atom is -0.497 e. The molecule has 4 aromatic rings. The maximum absolute atomic E-state index is 12.7. The molecule has 0 bridgehead atoms. The molecule has 30 heavy (non-hydrogen) atoms. The van der Waals surface area contributed by atoms with Gasteiger partial charge in [-0.15, -0.1) is 16.4 Å². The number of ether oxygens (including phenoxy) is 1.